The van der Waals surface area contributed by atoms with E-state index in [0.717, 1.165) is 0 Å². The number of nitrogens with one attached hydrogen (secondary N) is 1. The molecular formula is C10H16N2O3. The van der Waals surface area contributed by atoms with E-state index in [-0.39, 0.29) is 11.6 Å². The molecule has 0 bridgehead atoms. The van der Waals surface area contributed by atoms with Crippen LogP contribution in [0.15, 0.2) is 10.6 Å². The van der Waals surface area contributed by atoms with Crippen LogP contribution in [0.25, 0.3) is 0 Å². The Morgan fingerprint density at radius 1 is 1.67 bits per heavy atom. The van der Waals surface area contributed by atoms with Gasteiger partial charge in [0.1, 0.15) is 5.76 Å². The van der Waals surface area contributed by atoms with Gasteiger partial charge in [0.15, 0.2) is 5.69 Å². The van der Waals surface area contributed by atoms with Crippen LogP contribution in [0.5, 0.6) is 0 Å². The van der Waals surface area contributed by atoms with E-state index in [0.29, 0.717) is 5.76 Å². The molecule has 15 heavy (non-hydrogen) atoms. The van der Waals surface area contributed by atoms with Crippen molar-refractivity contribution in [1.29, 1.82) is 0 Å². The van der Waals surface area contributed by atoms with E-state index in [4.69, 9.17) is 4.52 Å². The van der Waals surface area contributed by atoms with Crippen molar-refractivity contribution in [2.45, 2.75) is 39.3 Å². The number of amides is 1. The first-order valence-electron chi connectivity index (χ1n) is 4.77. The fourth-order valence-electron chi connectivity index (χ4n) is 0.934. The van der Waals surface area contributed by atoms with E-state index in [1.807, 2.05) is 0 Å². The average Bonchev–Trinajstić information content (AvgIpc) is 2.50. The molecule has 0 aliphatic heterocycles. The second kappa shape index (κ2) is 4.02. The molecule has 0 fully saturated rings. The molecule has 1 heterocycles. The van der Waals surface area contributed by atoms with Gasteiger partial charge in [-0.15, -0.1) is 0 Å². The van der Waals surface area contributed by atoms with Crippen LogP contribution in [-0.2, 0) is 0 Å². The smallest absolute Gasteiger partial charge is 0.273 e. The number of carbonyl (C=O) groups is 1. The summed E-state index contributed by atoms with van der Waals surface area (Å²) in [5, 5.41) is 15.7. The second-order valence-electron chi connectivity index (χ2n) is 4.17. The third-order valence-corrected chi connectivity index (χ3v) is 2.34. The summed E-state index contributed by atoms with van der Waals surface area (Å²) >= 11 is 0. The van der Waals surface area contributed by atoms with Gasteiger partial charge in [-0.3, -0.25) is 4.79 Å². The molecule has 0 aromatic carbocycles. The Morgan fingerprint density at radius 3 is 2.67 bits per heavy atom. The Morgan fingerprint density at radius 2 is 2.27 bits per heavy atom. The molecule has 0 spiro atoms. The largest absolute Gasteiger partial charge is 0.391 e. The van der Waals surface area contributed by atoms with Gasteiger partial charge in [-0.25, -0.2) is 0 Å². The van der Waals surface area contributed by atoms with Crippen molar-refractivity contribution in [3.8, 4) is 0 Å². The minimum atomic E-state index is -0.691. The van der Waals surface area contributed by atoms with Crippen molar-refractivity contribution in [2.24, 2.45) is 0 Å². The molecule has 1 aromatic rings. The summed E-state index contributed by atoms with van der Waals surface area (Å²) in [6.07, 6.45) is -0.644. The third kappa shape index (κ3) is 2.79. The summed E-state index contributed by atoms with van der Waals surface area (Å²) in [7, 11) is 0. The van der Waals surface area contributed by atoms with E-state index >= 15 is 0 Å². The fourth-order valence-corrected chi connectivity index (χ4v) is 0.934. The van der Waals surface area contributed by atoms with Gasteiger partial charge in [-0.05, 0) is 27.7 Å². The number of aliphatic hydroxyl groups excluding tert-OH is 1. The van der Waals surface area contributed by atoms with Crippen LogP contribution in [0.2, 0.25) is 0 Å². The van der Waals surface area contributed by atoms with Crippen molar-refractivity contribution in [3.05, 3.63) is 17.5 Å². The lowest BCUT2D eigenvalue weighted by Crippen LogP contribution is -2.51. The molecule has 0 aliphatic rings. The van der Waals surface area contributed by atoms with Gasteiger partial charge in [-0.1, -0.05) is 5.16 Å². The lowest BCUT2D eigenvalue weighted by molar-refractivity contribution is 0.0702. The number of aliphatic hydroxyl groups is 1. The number of nitrogens with zero attached hydrogens (tertiary/aromatic N) is 1. The molecule has 84 valence electrons. The monoisotopic (exact) mass is 212 g/mol. The molecule has 0 aliphatic carbocycles. The second-order valence-corrected chi connectivity index (χ2v) is 4.17. The highest BCUT2D eigenvalue weighted by Crippen LogP contribution is 2.10. The van der Waals surface area contributed by atoms with Crippen LogP contribution < -0.4 is 5.32 Å². The van der Waals surface area contributed by atoms with Crippen molar-refractivity contribution >= 4 is 5.91 Å². The van der Waals surface area contributed by atoms with Gasteiger partial charge in [-0.2, -0.15) is 0 Å². The first-order chi connectivity index (χ1) is 6.83. The van der Waals surface area contributed by atoms with Gasteiger partial charge >= 0.3 is 0 Å². The van der Waals surface area contributed by atoms with E-state index in [9.17, 15) is 9.90 Å². The summed E-state index contributed by atoms with van der Waals surface area (Å²) in [6, 6.07) is 1.55. The first kappa shape index (κ1) is 11.7. The maximum absolute atomic E-state index is 11.6. The summed E-state index contributed by atoms with van der Waals surface area (Å²) < 4.78 is 4.79. The van der Waals surface area contributed by atoms with Crippen molar-refractivity contribution in [1.82, 2.24) is 10.5 Å². The lowest BCUT2D eigenvalue weighted by Gasteiger charge is -2.28. The van der Waals surface area contributed by atoms with Gasteiger partial charge in [0.25, 0.3) is 5.91 Å². The number of aryl methyl sites for hydroxylation is 1. The predicted octanol–water partition coefficient (Wildman–Crippen LogP) is 0.872. The first-order valence-corrected chi connectivity index (χ1v) is 4.77. The third-order valence-electron chi connectivity index (χ3n) is 2.34. The van der Waals surface area contributed by atoms with E-state index in [2.05, 4.69) is 10.5 Å². The molecule has 1 unspecified atom stereocenters. The van der Waals surface area contributed by atoms with Gasteiger partial charge in [0.2, 0.25) is 0 Å². The van der Waals surface area contributed by atoms with Crippen LogP contribution in [0.4, 0.5) is 0 Å². The molecule has 0 saturated heterocycles. The fraction of sp³-hybridized carbons (Fsp3) is 0.600. The van der Waals surface area contributed by atoms with Crippen LogP contribution in [0.3, 0.4) is 0 Å². The number of hydrogen-bond acceptors (Lipinski definition) is 4. The normalized spacial score (nSPS) is 13.7. The zero-order valence-electron chi connectivity index (χ0n) is 9.37. The number of hydrogen-bond donors (Lipinski definition) is 2. The maximum Gasteiger partial charge on any atom is 0.273 e. The Labute approximate surface area is 88.5 Å². The average molecular weight is 212 g/mol. The topological polar surface area (TPSA) is 75.4 Å². The maximum atomic E-state index is 11.6. The van der Waals surface area contributed by atoms with E-state index in [1.165, 1.54) is 0 Å². The standard InChI is InChI=1S/C10H16N2O3/c1-6-5-8(12-15-6)9(14)11-10(3,4)7(2)13/h5,7,13H,1-4H3,(H,11,14). The number of aromatic nitrogens is 1. The Bertz CT molecular complexity index is 355. The predicted molar refractivity (Wildman–Crippen MR) is 54.5 cm³/mol. The van der Waals surface area contributed by atoms with Crippen LogP contribution >= 0.6 is 0 Å². The minimum absolute atomic E-state index is 0.223. The van der Waals surface area contributed by atoms with Crippen molar-refractivity contribution in [3.63, 3.8) is 0 Å². The lowest BCUT2D eigenvalue weighted by atomic mass is 9.98. The summed E-state index contributed by atoms with van der Waals surface area (Å²) in [5.41, 5.74) is -0.467. The molecule has 5 nitrogen and oxygen atoms in total. The Kier molecular flexibility index (Phi) is 3.14. The van der Waals surface area contributed by atoms with Crippen LogP contribution in [0.1, 0.15) is 37.0 Å². The highest BCUT2D eigenvalue weighted by atomic mass is 16.5. The highest BCUT2D eigenvalue weighted by molar-refractivity contribution is 5.92. The molecule has 2 N–H and O–H groups in total. The molecule has 1 rings (SSSR count). The zero-order chi connectivity index (χ0) is 11.6. The van der Waals surface area contributed by atoms with E-state index < -0.39 is 11.6 Å². The summed E-state index contributed by atoms with van der Waals surface area (Å²) in [6.45, 7) is 6.81. The number of carbonyl (C=O) groups excluding carboxylic acids is 1. The van der Waals surface area contributed by atoms with E-state index in [1.54, 1.807) is 33.8 Å². The molecule has 1 aromatic heterocycles. The Hall–Kier alpha value is -1.36. The molecule has 1 atom stereocenters. The quantitative estimate of drug-likeness (QED) is 0.779. The van der Waals surface area contributed by atoms with Gasteiger partial charge < -0.3 is 14.9 Å². The van der Waals surface area contributed by atoms with Crippen molar-refractivity contribution in [2.75, 3.05) is 0 Å². The molecule has 1 amide bonds. The number of rotatable bonds is 3. The molecule has 5 heteroatoms. The Balaban J connectivity index is 2.72. The summed E-state index contributed by atoms with van der Waals surface area (Å²) in [4.78, 5) is 11.6. The molecular weight excluding hydrogens is 196 g/mol. The highest BCUT2D eigenvalue weighted by Gasteiger charge is 2.27. The van der Waals surface area contributed by atoms with Crippen LogP contribution in [0, 0.1) is 6.92 Å². The summed E-state index contributed by atoms with van der Waals surface area (Å²) in [5.74, 6) is 0.229. The van der Waals surface area contributed by atoms with Gasteiger partial charge in [0, 0.05) is 6.07 Å². The van der Waals surface area contributed by atoms with Gasteiger partial charge in [0.05, 0.1) is 11.6 Å². The minimum Gasteiger partial charge on any atom is -0.391 e. The molecule has 0 saturated carbocycles. The zero-order valence-corrected chi connectivity index (χ0v) is 9.37. The SMILES string of the molecule is Cc1cc(C(=O)NC(C)(C)C(C)O)no1. The van der Waals surface area contributed by atoms with Crippen molar-refractivity contribution < 1.29 is 14.4 Å². The molecule has 0 radical (unpaired) electrons. The van der Waals surface area contributed by atoms with Crippen LogP contribution in [-0.4, -0.2) is 27.8 Å².